The molecular formula is C12H25NO3. The lowest BCUT2D eigenvalue weighted by Crippen LogP contribution is -2.38. The van der Waals surface area contributed by atoms with Crippen LogP contribution in [0, 0.1) is 5.92 Å². The lowest BCUT2D eigenvalue weighted by Gasteiger charge is -2.26. The number of nitrogens with zero attached hydrogens (tertiary/aromatic N) is 1. The fraction of sp³-hybridized carbons (Fsp3) is 0.917. The fourth-order valence-corrected chi connectivity index (χ4v) is 1.35. The van der Waals surface area contributed by atoms with E-state index in [1.807, 2.05) is 34.6 Å². The summed E-state index contributed by atoms with van der Waals surface area (Å²) in [5.41, 5.74) is -0.492. The van der Waals surface area contributed by atoms with Crippen LogP contribution in [-0.2, 0) is 4.74 Å². The molecule has 4 nitrogen and oxygen atoms in total. The Labute approximate surface area is 98.6 Å². The molecule has 1 atom stereocenters. The fourth-order valence-electron chi connectivity index (χ4n) is 1.35. The number of ether oxygens (including phenoxy) is 1. The summed E-state index contributed by atoms with van der Waals surface area (Å²) in [7, 11) is 1.64. The molecule has 0 fully saturated rings. The number of carbonyl (C=O) groups excluding carboxylic acids is 1. The lowest BCUT2D eigenvalue weighted by atomic mass is 10.1. The minimum Gasteiger partial charge on any atom is -0.444 e. The van der Waals surface area contributed by atoms with Crippen LogP contribution in [0.4, 0.5) is 4.79 Å². The second-order valence-electron chi connectivity index (χ2n) is 5.64. The van der Waals surface area contributed by atoms with Crippen molar-refractivity contribution >= 4 is 6.09 Å². The van der Waals surface area contributed by atoms with E-state index in [1.165, 1.54) is 4.90 Å². The Morgan fingerprint density at radius 1 is 1.38 bits per heavy atom. The molecule has 0 aliphatic carbocycles. The minimum absolute atomic E-state index is 0.313. The zero-order valence-corrected chi connectivity index (χ0v) is 11.3. The molecule has 0 aromatic carbocycles. The molecule has 0 heterocycles. The van der Waals surface area contributed by atoms with E-state index in [4.69, 9.17) is 4.74 Å². The maximum absolute atomic E-state index is 11.6. The van der Waals surface area contributed by atoms with Gasteiger partial charge in [-0.3, -0.25) is 0 Å². The van der Waals surface area contributed by atoms with Crippen molar-refractivity contribution in [2.24, 2.45) is 5.92 Å². The van der Waals surface area contributed by atoms with E-state index >= 15 is 0 Å². The number of amides is 1. The van der Waals surface area contributed by atoms with E-state index in [9.17, 15) is 9.90 Å². The molecule has 16 heavy (non-hydrogen) atoms. The highest BCUT2D eigenvalue weighted by Crippen LogP contribution is 2.10. The van der Waals surface area contributed by atoms with Crippen molar-refractivity contribution in [3.8, 4) is 0 Å². The monoisotopic (exact) mass is 231 g/mol. The minimum atomic E-state index is -0.492. The highest BCUT2D eigenvalue weighted by atomic mass is 16.6. The average Bonchev–Trinajstić information content (AvgIpc) is 1.98. The predicted octanol–water partition coefficient (Wildman–Crippen LogP) is 2.26. The molecule has 0 saturated carbocycles. The Balaban J connectivity index is 4.05. The Morgan fingerprint density at radius 3 is 2.25 bits per heavy atom. The molecule has 1 amide bonds. The maximum atomic E-state index is 11.6. The van der Waals surface area contributed by atoms with Crippen LogP contribution in [-0.4, -0.2) is 41.4 Å². The third kappa shape index (κ3) is 7.51. The SMILES string of the molecule is CC(C)CC(O)CN(C)C(=O)OC(C)(C)C. The average molecular weight is 231 g/mol. The summed E-state index contributed by atoms with van der Waals surface area (Å²) in [6, 6.07) is 0. The molecule has 0 rings (SSSR count). The van der Waals surface area contributed by atoms with Gasteiger partial charge in [-0.25, -0.2) is 4.79 Å². The van der Waals surface area contributed by atoms with Crippen LogP contribution in [0.25, 0.3) is 0 Å². The number of hydrogen-bond donors (Lipinski definition) is 1. The Hall–Kier alpha value is -0.770. The largest absolute Gasteiger partial charge is 0.444 e. The van der Waals surface area contributed by atoms with Gasteiger partial charge >= 0.3 is 6.09 Å². The molecule has 0 aromatic heterocycles. The molecule has 0 spiro atoms. The van der Waals surface area contributed by atoms with Gasteiger partial charge in [0.2, 0.25) is 0 Å². The number of carbonyl (C=O) groups is 1. The first-order valence-corrected chi connectivity index (χ1v) is 5.74. The van der Waals surface area contributed by atoms with Crippen LogP contribution in [0.5, 0.6) is 0 Å². The van der Waals surface area contributed by atoms with Gasteiger partial charge in [0, 0.05) is 13.6 Å². The van der Waals surface area contributed by atoms with Crippen molar-refractivity contribution in [2.75, 3.05) is 13.6 Å². The molecule has 96 valence electrons. The van der Waals surface area contributed by atoms with E-state index < -0.39 is 17.8 Å². The van der Waals surface area contributed by atoms with Crippen LogP contribution in [0.2, 0.25) is 0 Å². The molecule has 0 saturated heterocycles. The van der Waals surface area contributed by atoms with Crippen LogP contribution >= 0.6 is 0 Å². The van der Waals surface area contributed by atoms with Gasteiger partial charge in [0.1, 0.15) is 5.60 Å². The first kappa shape index (κ1) is 15.2. The molecular weight excluding hydrogens is 206 g/mol. The molecule has 1 unspecified atom stereocenters. The molecule has 0 aliphatic rings. The molecule has 1 N–H and O–H groups in total. The first-order chi connectivity index (χ1) is 7.11. The summed E-state index contributed by atoms with van der Waals surface area (Å²) in [6.07, 6.45) is -0.194. The van der Waals surface area contributed by atoms with Crippen LogP contribution in [0.15, 0.2) is 0 Å². The predicted molar refractivity (Wildman–Crippen MR) is 64.3 cm³/mol. The summed E-state index contributed by atoms with van der Waals surface area (Å²) >= 11 is 0. The highest BCUT2D eigenvalue weighted by molar-refractivity contribution is 5.67. The zero-order valence-electron chi connectivity index (χ0n) is 11.3. The maximum Gasteiger partial charge on any atom is 0.410 e. The highest BCUT2D eigenvalue weighted by Gasteiger charge is 2.21. The van der Waals surface area contributed by atoms with Gasteiger partial charge < -0.3 is 14.7 Å². The van der Waals surface area contributed by atoms with Crippen molar-refractivity contribution in [2.45, 2.75) is 52.7 Å². The number of hydrogen-bond acceptors (Lipinski definition) is 3. The number of rotatable bonds is 4. The Morgan fingerprint density at radius 2 is 1.88 bits per heavy atom. The Kier molecular flexibility index (Phi) is 5.79. The number of aliphatic hydroxyl groups excluding tert-OH is 1. The summed E-state index contributed by atoms with van der Waals surface area (Å²) in [4.78, 5) is 13.0. The Bertz CT molecular complexity index is 221. The van der Waals surface area contributed by atoms with Gasteiger partial charge in [0.05, 0.1) is 6.10 Å². The lowest BCUT2D eigenvalue weighted by molar-refractivity contribution is 0.0187. The third-order valence-corrected chi connectivity index (χ3v) is 1.93. The van der Waals surface area contributed by atoms with Gasteiger partial charge in [-0.05, 0) is 33.1 Å². The number of likely N-dealkylation sites (N-methyl/N-ethyl adjacent to an activating group) is 1. The van der Waals surface area contributed by atoms with Crippen LogP contribution in [0.3, 0.4) is 0 Å². The van der Waals surface area contributed by atoms with Crippen molar-refractivity contribution in [1.29, 1.82) is 0 Å². The zero-order chi connectivity index (χ0) is 12.9. The van der Waals surface area contributed by atoms with Crippen LogP contribution < -0.4 is 0 Å². The van der Waals surface area contributed by atoms with E-state index in [0.29, 0.717) is 18.9 Å². The molecule has 0 aliphatic heterocycles. The van der Waals surface area contributed by atoms with Crippen LogP contribution in [0.1, 0.15) is 41.0 Å². The smallest absolute Gasteiger partial charge is 0.410 e. The second-order valence-corrected chi connectivity index (χ2v) is 5.64. The summed E-state index contributed by atoms with van der Waals surface area (Å²) in [5, 5.41) is 9.69. The topological polar surface area (TPSA) is 49.8 Å². The molecule has 0 aromatic rings. The van der Waals surface area contributed by atoms with Crippen molar-refractivity contribution in [3.63, 3.8) is 0 Å². The van der Waals surface area contributed by atoms with E-state index in [1.54, 1.807) is 7.05 Å². The van der Waals surface area contributed by atoms with Gasteiger partial charge in [0.15, 0.2) is 0 Å². The van der Waals surface area contributed by atoms with Gasteiger partial charge in [-0.1, -0.05) is 13.8 Å². The van der Waals surface area contributed by atoms with E-state index in [2.05, 4.69) is 0 Å². The second kappa shape index (κ2) is 6.09. The van der Waals surface area contributed by atoms with Crippen molar-refractivity contribution < 1.29 is 14.6 Å². The first-order valence-electron chi connectivity index (χ1n) is 5.74. The molecule has 4 heteroatoms. The summed E-state index contributed by atoms with van der Waals surface area (Å²) in [5.74, 6) is 0.419. The third-order valence-electron chi connectivity index (χ3n) is 1.93. The van der Waals surface area contributed by atoms with Gasteiger partial charge in [-0.15, -0.1) is 0 Å². The summed E-state index contributed by atoms with van der Waals surface area (Å²) < 4.78 is 5.18. The normalized spacial score (nSPS) is 13.8. The summed E-state index contributed by atoms with van der Waals surface area (Å²) in [6.45, 7) is 9.86. The molecule has 0 radical (unpaired) electrons. The van der Waals surface area contributed by atoms with E-state index in [0.717, 1.165) is 0 Å². The number of aliphatic hydroxyl groups is 1. The molecule has 0 bridgehead atoms. The van der Waals surface area contributed by atoms with Gasteiger partial charge in [-0.2, -0.15) is 0 Å². The standard InChI is InChI=1S/C12H25NO3/c1-9(2)7-10(14)8-13(6)11(15)16-12(3,4)5/h9-10,14H,7-8H2,1-6H3. The van der Waals surface area contributed by atoms with E-state index in [-0.39, 0.29) is 0 Å². The van der Waals surface area contributed by atoms with Crippen molar-refractivity contribution in [3.05, 3.63) is 0 Å². The quantitative estimate of drug-likeness (QED) is 0.807. The van der Waals surface area contributed by atoms with Gasteiger partial charge in [0.25, 0.3) is 0 Å². The van der Waals surface area contributed by atoms with Crippen molar-refractivity contribution in [1.82, 2.24) is 4.90 Å².